The van der Waals surface area contributed by atoms with Crippen molar-refractivity contribution in [2.24, 2.45) is 0 Å². The minimum Gasteiger partial charge on any atom is -0.494 e. The average Bonchev–Trinajstić information content (AvgIpc) is 2.96. The smallest absolute Gasteiger partial charge is 0.331 e. The second-order valence-electron chi connectivity index (χ2n) is 5.28. The minimum atomic E-state index is -0.775. The van der Waals surface area contributed by atoms with Crippen molar-refractivity contribution < 1.29 is 33.0 Å². The van der Waals surface area contributed by atoms with Crippen LogP contribution in [0.2, 0.25) is 0 Å². The number of amides is 3. The Balaban J connectivity index is 1.70. The number of hydrogen-bond acceptors (Lipinski definition) is 7. The molecular formula is C17H17FN2O6S. The molecule has 0 aromatic heterocycles. The van der Waals surface area contributed by atoms with Gasteiger partial charge in [-0.3, -0.25) is 19.3 Å². The maximum atomic E-state index is 13.5. The van der Waals surface area contributed by atoms with Gasteiger partial charge in [-0.25, -0.2) is 9.18 Å². The SMILES string of the molecule is COc1ccc(/C=C/C(=O)OCC(=O)NCCN2C(=O)CSC2=O)cc1F. The molecule has 27 heavy (non-hydrogen) atoms. The van der Waals surface area contributed by atoms with Gasteiger partial charge in [-0.1, -0.05) is 17.8 Å². The highest BCUT2D eigenvalue weighted by atomic mass is 32.2. The van der Waals surface area contributed by atoms with Crippen molar-refractivity contribution in [3.8, 4) is 5.75 Å². The van der Waals surface area contributed by atoms with E-state index < -0.39 is 24.3 Å². The van der Waals surface area contributed by atoms with Crippen molar-refractivity contribution in [2.45, 2.75) is 0 Å². The van der Waals surface area contributed by atoms with Crippen LogP contribution in [0.4, 0.5) is 9.18 Å². The number of halogens is 1. The Kier molecular flexibility index (Phi) is 7.35. The molecule has 0 spiro atoms. The van der Waals surface area contributed by atoms with Crippen molar-refractivity contribution in [3.05, 3.63) is 35.7 Å². The predicted molar refractivity (Wildman–Crippen MR) is 95.5 cm³/mol. The molecule has 1 aliphatic heterocycles. The quantitative estimate of drug-likeness (QED) is 0.520. The summed E-state index contributed by atoms with van der Waals surface area (Å²) in [5.74, 6) is -2.02. The third-order valence-electron chi connectivity index (χ3n) is 3.43. The van der Waals surface area contributed by atoms with Crippen LogP contribution in [0, 0.1) is 5.82 Å². The molecule has 0 unspecified atom stereocenters. The number of imide groups is 1. The summed E-state index contributed by atoms with van der Waals surface area (Å²) in [6.07, 6.45) is 2.40. The molecule has 1 saturated heterocycles. The van der Waals surface area contributed by atoms with Crippen LogP contribution in [0.25, 0.3) is 6.08 Å². The molecule has 1 fully saturated rings. The number of nitrogens with one attached hydrogen (secondary N) is 1. The normalized spacial score (nSPS) is 13.9. The molecule has 8 nitrogen and oxygen atoms in total. The van der Waals surface area contributed by atoms with Crippen molar-refractivity contribution in [3.63, 3.8) is 0 Å². The maximum Gasteiger partial charge on any atom is 0.331 e. The number of benzene rings is 1. The lowest BCUT2D eigenvalue weighted by molar-refractivity contribution is -0.143. The van der Waals surface area contributed by atoms with Gasteiger partial charge in [0.2, 0.25) is 5.91 Å². The number of rotatable bonds is 8. The van der Waals surface area contributed by atoms with E-state index in [-0.39, 0.29) is 35.7 Å². The van der Waals surface area contributed by atoms with Gasteiger partial charge < -0.3 is 14.8 Å². The highest BCUT2D eigenvalue weighted by Gasteiger charge is 2.29. The molecule has 1 heterocycles. The van der Waals surface area contributed by atoms with Gasteiger partial charge in [0.15, 0.2) is 18.2 Å². The number of nitrogens with zero attached hydrogens (tertiary/aromatic N) is 1. The Morgan fingerprint density at radius 2 is 2.15 bits per heavy atom. The fourth-order valence-corrected chi connectivity index (χ4v) is 2.84. The van der Waals surface area contributed by atoms with E-state index in [0.717, 1.165) is 22.7 Å². The van der Waals surface area contributed by atoms with E-state index in [4.69, 9.17) is 9.47 Å². The van der Waals surface area contributed by atoms with Crippen LogP contribution in [0.15, 0.2) is 24.3 Å². The molecular weight excluding hydrogens is 379 g/mol. The summed E-state index contributed by atoms with van der Waals surface area (Å²) < 4.78 is 23.1. The Labute approximate surface area is 158 Å². The number of ether oxygens (including phenoxy) is 2. The van der Waals surface area contributed by atoms with Crippen LogP contribution in [0.5, 0.6) is 5.75 Å². The molecule has 1 aromatic rings. The number of hydrogen-bond donors (Lipinski definition) is 1. The van der Waals surface area contributed by atoms with E-state index in [2.05, 4.69) is 5.32 Å². The molecule has 1 N–H and O–H groups in total. The van der Waals surface area contributed by atoms with Gasteiger partial charge >= 0.3 is 5.97 Å². The second kappa shape index (κ2) is 9.72. The molecule has 2 rings (SSSR count). The average molecular weight is 396 g/mol. The number of carbonyl (C=O) groups is 4. The lowest BCUT2D eigenvalue weighted by atomic mass is 10.2. The first kappa shape index (κ1) is 20.4. The third-order valence-corrected chi connectivity index (χ3v) is 4.29. The van der Waals surface area contributed by atoms with E-state index in [9.17, 15) is 23.6 Å². The fourth-order valence-electron chi connectivity index (χ4n) is 2.09. The van der Waals surface area contributed by atoms with Crippen LogP contribution in [0.3, 0.4) is 0 Å². The van der Waals surface area contributed by atoms with E-state index in [1.54, 1.807) is 6.07 Å². The van der Waals surface area contributed by atoms with Gasteiger partial charge in [-0.15, -0.1) is 0 Å². The molecule has 1 aromatic carbocycles. The minimum absolute atomic E-state index is 0.0628. The zero-order chi connectivity index (χ0) is 19.8. The standard InChI is InChI=1S/C17H17FN2O6S/c1-25-13-4-2-11(8-12(13)18)3-5-16(23)26-9-14(21)19-6-7-20-15(22)10-27-17(20)24/h2-5,8H,6-7,9-10H2,1H3,(H,19,21)/b5-3+. The van der Waals surface area contributed by atoms with Gasteiger partial charge in [0, 0.05) is 19.2 Å². The Morgan fingerprint density at radius 1 is 1.37 bits per heavy atom. The molecule has 0 saturated carbocycles. The molecule has 0 radical (unpaired) electrons. The maximum absolute atomic E-state index is 13.5. The van der Waals surface area contributed by atoms with Crippen molar-refractivity contribution in [1.29, 1.82) is 0 Å². The zero-order valence-corrected chi connectivity index (χ0v) is 15.2. The molecule has 0 atom stereocenters. The first-order valence-corrected chi connectivity index (χ1v) is 8.81. The Hall–Kier alpha value is -2.88. The van der Waals surface area contributed by atoms with Gasteiger partial charge in [0.05, 0.1) is 12.9 Å². The number of methoxy groups -OCH3 is 1. The largest absolute Gasteiger partial charge is 0.494 e. The van der Waals surface area contributed by atoms with Crippen molar-refractivity contribution >= 4 is 40.9 Å². The fraction of sp³-hybridized carbons (Fsp3) is 0.294. The molecule has 3 amide bonds. The van der Waals surface area contributed by atoms with Crippen LogP contribution < -0.4 is 10.1 Å². The highest BCUT2D eigenvalue weighted by Crippen LogP contribution is 2.18. The van der Waals surface area contributed by atoms with Crippen LogP contribution >= 0.6 is 11.8 Å². The van der Waals surface area contributed by atoms with Gasteiger partial charge in [-0.05, 0) is 23.8 Å². The van der Waals surface area contributed by atoms with Crippen molar-refractivity contribution in [1.82, 2.24) is 10.2 Å². The van der Waals surface area contributed by atoms with E-state index in [1.165, 1.54) is 25.3 Å². The summed E-state index contributed by atoms with van der Waals surface area (Å²) in [6, 6.07) is 4.16. The Morgan fingerprint density at radius 3 is 2.78 bits per heavy atom. The topological polar surface area (TPSA) is 102 Å². The summed E-state index contributed by atoms with van der Waals surface area (Å²) in [7, 11) is 1.34. The van der Waals surface area contributed by atoms with Crippen LogP contribution in [-0.2, 0) is 19.1 Å². The highest BCUT2D eigenvalue weighted by molar-refractivity contribution is 8.14. The van der Waals surface area contributed by atoms with Crippen LogP contribution in [0.1, 0.15) is 5.56 Å². The predicted octanol–water partition coefficient (Wildman–Crippen LogP) is 1.20. The number of carbonyl (C=O) groups excluding carboxylic acids is 4. The van der Waals surface area contributed by atoms with Gasteiger partial charge in [-0.2, -0.15) is 0 Å². The van der Waals surface area contributed by atoms with Gasteiger partial charge in [0.25, 0.3) is 11.1 Å². The summed E-state index contributed by atoms with van der Waals surface area (Å²) in [4.78, 5) is 47.0. The first-order chi connectivity index (χ1) is 12.9. The lowest BCUT2D eigenvalue weighted by Crippen LogP contribution is -2.38. The van der Waals surface area contributed by atoms with Crippen molar-refractivity contribution in [2.75, 3.05) is 32.6 Å². The summed E-state index contributed by atoms with van der Waals surface area (Å²) in [5.41, 5.74) is 0.424. The molecule has 1 aliphatic rings. The van der Waals surface area contributed by atoms with E-state index in [1.807, 2.05) is 0 Å². The molecule has 144 valence electrons. The Bertz CT molecular complexity index is 767. The third kappa shape index (κ3) is 6.10. The molecule has 0 aliphatic carbocycles. The lowest BCUT2D eigenvalue weighted by Gasteiger charge is -2.12. The second-order valence-corrected chi connectivity index (χ2v) is 6.21. The monoisotopic (exact) mass is 396 g/mol. The van der Waals surface area contributed by atoms with E-state index in [0.29, 0.717) is 5.56 Å². The summed E-state index contributed by atoms with van der Waals surface area (Å²) in [5, 5.41) is 2.09. The van der Waals surface area contributed by atoms with Gasteiger partial charge in [0.1, 0.15) is 0 Å². The summed E-state index contributed by atoms with van der Waals surface area (Å²) in [6.45, 7) is -0.389. The molecule has 0 bridgehead atoms. The zero-order valence-electron chi connectivity index (χ0n) is 14.4. The summed E-state index contributed by atoms with van der Waals surface area (Å²) >= 11 is 0.910. The molecule has 10 heteroatoms. The number of thioether (sulfide) groups is 1. The first-order valence-electron chi connectivity index (χ1n) is 7.83. The van der Waals surface area contributed by atoms with E-state index >= 15 is 0 Å². The number of esters is 1. The van der Waals surface area contributed by atoms with Crippen LogP contribution in [-0.4, -0.2) is 60.5 Å².